The lowest BCUT2D eigenvalue weighted by Crippen LogP contribution is -2.17. The molecule has 0 spiro atoms. The summed E-state index contributed by atoms with van der Waals surface area (Å²) >= 11 is 9.85. The summed E-state index contributed by atoms with van der Waals surface area (Å²) in [4.78, 5) is 0. The lowest BCUT2D eigenvalue weighted by molar-refractivity contribution is 0.284. The highest BCUT2D eigenvalue weighted by Crippen LogP contribution is 2.34. The van der Waals surface area contributed by atoms with Crippen LogP contribution in [-0.2, 0) is 19.6 Å². The molecule has 0 saturated heterocycles. The fraction of sp³-hybridized carbons (Fsp3) is 0.217. The van der Waals surface area contributed by atoms with Gasteiger partial charge in [-0.15, -0.1) is 0 Å². The summed E-state index contributed by atoms with van der Waals surface area (Å²) < 4.78 is 12.5. The van der Waals surface area contributed by atoms with Gasteiger partial charge in [0.1, 0.15) is 6.61 Å². The van der Waals surface area contributed by atoms with Crippen LogP contribution in [0.25, 0.3) is 0 Å². The molecule has 0 saturated carbocycles. The zero-order chi connectivity index (χ0) is 19.8. The van der Waals surface area contributed by atoms with E-state index in [1.165, 1.54) is 5.56 Å². The van der Waals surface area contributed by atoms with Crippen molar-refractivity contribution in [2.45, 2.75) is 19.6 Å². The first-order chi connectivity index (χ1) is 13.7. The van der Waals surface area contributed by atoms with E-state index in [4.69, 9.17) is 21.1 Å². The molecule has 0 aliphatic heterocycles. The largest absolute Gasteiger partial charge is 0.493 e. The van der Waals surface area contributed by atoms with Gasteiger partial charge in [0.15, 0.2) is 11.5 Å². The molecule has 0 heterocycles. The molecule has 0 fully saturated rings. The summed E-state index contributed by atoms with van der Waals surface area (Å²) in [5, 5.41) is 4.18. The molecular weight excluding hydrogens is 438 g/mol. The van der Waals surface area contributed by atoms with Gasteiger partial charge >= 0.3 is 0 Å². The van der Waals surface area contributed by atoms with Crippen molar-refractivity contribution in [1.82, 2.24) is 5.32 Å². The molecule has 3 aromatic rings. The normalized spacial score (nSPS) is 10.7. The number of benzene rings is 3. The molecule has 0 radical (unpaired) electrons. The summed E-state index contributed by atoms with van der Waals surface area (Å²) in [6.45, 7) is 2.04. The Balaban J connectivity index is 1.60. The quantitative estimate of drug-likeness (QED) is 0.396. The van der Waals surface area contributed by atoms with Crippen molar-refractivity contribution in [3.8, 4) is 11.5 Å². The Labute approximate surface area is 179 Å². The first-order valence-electron chi connectivity index (χ1n) is 9.14. The zero-order valence-corrected chi connectivity index (χ0v) is 18.1. The minimum Gasteiger partial charge on any atom is -0.493 e. The van der Waals surface area contributed by atoms with Crippen molar-refractivity contribution in [3.05, 3.63) is 92.9 Å². The number of rotatable bonds is 9. The summed E-state index contributed by atoms with van der Waals surface area (Å²) in [7, 11) is 1.65. The Hall–Kier alpha value is -2.01. The van der Waals surface area contributed by atoms with Crippen LogP contribution < -0.4 is 14.8 Å². The van der Waals surface area contributed by atoms with E-state index in [1.54, 1.807) is 7.11 Å². The van der Waals surface area contributed by atoms with E-state index in [1.807, 2.05) is 42.5 Å². The maximum absolute atomic E-state index is 6.21. The molecule has 0 unspecified atom stereocenters. The Kier molecular flexibility index (Phi) is 7.78. The van der Waals surface area contributed by atoms with Crippen LogP contribution in [0.15, 0.2) is 71.2 Å². The monoisotopic (exact) mass is 459 g/mol. The average molecular weight is 461 g/mol. The highest BCUT2D eigenvalue weighted by atomic mass is 79.9. The average Bonchev–Trinajstić information content (AvgIpc) is 2.72. The molecule has 0 amide bonds. The summed E-state index contributed by atoms with van der Waals surface area (Å²) in [5.74, 6) is 1.39. The Morgan fingerprint density at radius 3 is 2.43 bits per heavy atom. The van der Waals surface area contributed by atoms with Crippen molar-refractivity contribution < 1.29 is 9.47 Å². The van der Waals surface area contributed by atoms with E-state index in [2.05, 4.69) is 45.5 Å². The first kappa shape index (κ1) is 20.7. The van der Waals surface area contributed by atoms with Crippen LogP contribution >= 0.6 is 27.5 Å². The minimum atomic E-state index is 0.386. The van der Waals surface area contributed by atoms with Crippen molar-refractivity contribution in [2.24, 2.45) is 0 Å². The smallest absolute Gasteiger partial charge is 0.162 e. The van der Waals surface area contributed by atoms with Gasteiger partial charge < -0.3 is 14.8 Å². The van der Waals surface area contributed by atoms with Crippen LogP contribution in [-0.4, -0.2) is 13.7 Å². The Bertz CT molecular complexity index is 902. The predicted octanol–water partition coefficient (Wildman–Crippen LogP) is 6.02. The number of methoxy groups -OCH3 is 1. The van der Waals surface area contributed by atoms with Gasteiger partial charge in [0.25, 0.3) is 0 Å². The fourth-order valence-corrected chi connectivity index (χ4v) is 3.51. The number of nitrogens with one attached hydrogen (secondary N) is 1. The van der Waals surface area contributed by atoms with E-state index in [-0.39, 0.29) is 0 Å². The van der Waals surface area contributed by atoms with Gasteiger partial charge in [0, 0.05) is 21.6 Å². The van der Waals surface area contributed by atoms with Gasteiger partial charge in [-0.05, 0) is 42.3 Å². The number of ether oxygens (including phenoxy) is 2. The van der Waals surface area contributed by atoms with E-state index in [0.29, 0.717) is 23.1 Å². The highest BCUT2D eigenvalue weighted by molar-refractivity contribution is 9.10. The second-order valence-electron chi connectivity index (χ2n) is 6.39. The topological polar surface area (TPSA) is 30.5 Å². The second kappa shape index (κ2) is 10.5. The molecule has 0 aromatic heterocycles. The molecule has 0 aliphatic rings. The van der Waals surface area contributed by atoms with Crippen LogP contribution in [0.3, 0.4) is 0 Å². The third kappa shape index (κ3) is 5.74. The third-order valence-electron chi connectivity index (χ3n) is 4.42. The minimum absolute atomic E-state index is 0.386. The number of hydrogen-bond acceptors (Lipinski definition) is 3. The molecule has 0 atom stereocenters. The SMILES string of the molecule is COc1cc(CNCCc2ccccc2)c(Br)cc1OCc1ccccc1Cl. The summed E-state index contributed by atoms with van der Waals surface area (Å²) in [5.41, 5.74) is 3.39. The molecule has 0 aliphatic carbocycles. The van der Waals surface area contributed by atoms with Gasteiger partial charge in [-0.25, -0.2) is 0 Å². The van der Waals surface area contributed by atoms with Crippen molar-refractivity contribution >= 4 is 27.5 Å². The van der Waals surface area contributed by atoms with Gasteiger partial charge in [0.05, 0.1) is 7.11 Å². The fourth-order valence-electron chi connectivity index (χ4n) is 2.86. The zero-order valence-electron chi connectivity index (χ0n) is 15.8. The summed E-state index contributed by atoms with van der Waals surface area (Å²) in [6, 6.07) is 22.1. The van der Waals surface area contributed by atoms with Crippen LogP contribution in [0.2, 0.25) is 5.02 Å². The molecule has 3 aromatic carbocycles. The highest BCUT2D eigenvalue weighted by Gasteiger charge is 2.11. The maximum atomic E-state index is 6.21. The molecule has 1 N–H and O–H groups in total. The van der Waals surface area contributed by atoms with E-state index in [9.17, 15) is 0 Å². The Morgan fingerprint density at radius 1 is 0.929 bits per heavy atom. The van der Waals surface area contributed by atoms with Crippen LogP contribution in [0.5, 0.6) is 11.5 Å². The lowest BCUT2D eigenvalue weighted by atomic mass is 10.1. The molecule has 28 heavy (non-hydrogen) atoms. The number of halogens is 2. The third-order valence-corrected chi connectivity index (χ3v) is 5.53. The standard InChI is InChI=1S/C23H23BrClNO2/c1-27-22-13-19(15-26-12-11-17-7-3-2-4-8-17)20(24)14-23(22)28-16-18-9-5-6-10-21(18)25/h2-10,13-14,26H,11-12,15-16H2,1H3. The van der Waals surface area contributed by atoms with Crippen molar-refractivity contribution in [3.63, 3.8) is 0 Å². The van der Waals surface area contributed by atoms with Crippen LogP contribution in [0.1, 0.15) is 16.7 Å². The van der Waals surface area contributed by atoms with Gasteiger partial charge in [-0.3, -0.25) is 0 Å². The van der Waals surface area contributed by atoms with Crippen molar-refractivity contribution in [2.75, 3.05) is 13.7 Å². The molecule has 3 rings (SSSR count). The predicted molar refractivity (Wildman–Crippen MR) is 118 cm³/mol. The van der Waals surface area contributed by atoms with E-state index in [0.717, 1.165) is 35.1 Å². The van der Waals surface area contributed by atoms with Crippen LogP contribution in [0, 0.1) is 0 Å². The molecule has 0 bridgehead atoms. The molecule has 3 nitrogen and oxygen atoms in total. The first-order valence-corrected chi connectivity index (χ1v) is 10.3. The second-order valence-corrected chi connectivity index (χ2v) is 7.65. The number of hydrogen-bond donors (Lipinski definition) is 1. The Morgan fingerprint density at radius 2 is 1.68 bits per heavy atom. The maximum Gasteiger partial charge on any atom is 0.162 e. The molecule has 146 valence electrons. The van der Waals surface area contributed by atoms with Gasteiger partial charge in [0.2, 0.25) is 0 Å². The van der Waals surface area contributed by atoms with Gasteiger partial charge in [-0.2, -0.15) is 0 Å². The lowest BCUT2D eigenvalue weighted by Gasteiger charge is -2.15. The van der Waals surface area contributed by atoms with Gasteiger partial charge in [-0.1, -0.05) is 76.1 Å². The molecule has 5 heteroatoms. The van der Waals surface area contributed by atoms with Crippen LogP contribution in [0.4, 0.5) is 0 Å². The van der Waals surface area contributed by atoms with E-state index < -0.39 is 0 Å². The van der Waals surface area contributed by atoms with E-state index >= 15 is 0 Å². The van der Waals surface area contributed by atoms with Crippen molar-refractivity contribution in [1.29, 1.82) is 0 Å². The summed E-state index contributed by atoms with van der Waals surface area (Å²) in [6.07, 6.45) is 0.995. The molecular formula is C23H23BrClNO2.